The van der Waals surface area contributed by atoms with Gasteiger partial charge in [-0.2, -0.15) is 0 Å². The number of rotatable bonds is 6. The molecule has 5 nitrogen and oxygen atoms in total. The summed E-state index contributed by atoms with van der Waals surface area (Å²) < 4.78 is 5.61. The lowest BCUT2D eigenvalue weighted by molar-refractivity contribution is -0.136. The van der Waals surface area contributed by atoms with E-state index in [-0.39, 0.29) is 17.9 Å². The predicted octanol–water partition coefficient (Wildman–Crippen LogP) is 2.41. The second-order valence-electron chi connectivity index (χ2n) is 6.02. The van der Waals surface area contributed by atoms with Crippen LogP contribution in [0.25, 0.3) is 0 Å². The van der Waals surface area contributed by atoms with Crippen molar-refractivity contribution >= 4 is 11.8 Å². The molecule has 1 heterocycles. The smallest absolute Gasteiger partial charge is 0.243 e. The van der Waals surface area contributed by atoms with Gasteiger partial charge < -0.3 is 15.0 Å². The van der Waals surface area contributed by atoms with Crippen LogP contribution in [0.5, 0.6) is 5.75 Å². The zero-order chi connectivity index (χ0) is 16.8. The van der Waals surface area contributed by atoms with Crippen molar-refractivity contribution in [3.05, 3.63) is 29.3 Å². The first-order valence-electron chi connectivity index (χ1n) is 8.30. The Balaban J connectivity index is 1.92. The molecule has 1 aliphatic rings. The number of benzene rings is 1. The van der Waals surface area contributed by atoms with Gasteiger partial charge in [0.1, 0.15) is 11.8 Å². The number of nitrogens with one attached hydrogen (secondary N) is 1. The van der Waals surface area contributed by atoms with E-state index in [1.807, 2.05) is 25.1 Å². The topological polar surface area (TPSA) is 58.6 Å². The van der Waals surface area contributed by atoms with Gasteiger partial charge in [0.05, 0.1) is 6.61 Å². The van der Waals surface area contributed by atoms with Gasteiger partial charge in [-0.3, -0.25) is 9.59 Å². The maximum absolute atomic E-state index is 12.3. The molecule has 5 heteroatoms. The highest BCUT2D eigenvalue weighted by Crippen LogP contribution is 2.19. The molecular formula is C18H26N2O3. The van der Waals surface area contributed by atoms with Crippen LogP contribution in [-0.2, 0) is 16.1 Å². The summed E-state index contributed by atoms with van der Waals surface area (Å²) in [6, 6.07) is 5.59. The number of ether oxygens (including phenoxy) is 1. The second kappa shape index (κ2) is 7.99. The van der Waals surface area contributed by atoms with Crippen LogP contribution in [0.4, 0.5) is 0 Å². The van der Waals surface area contributed by atoms with E-state index in [1.54, 1.807) is 4.90 Å². The van der Waals surface area contributed by atoms with E-state index in [0.717, 1.165) is 36.1 Å². The number of nitrogens with zero attached hydrogens (tertiary/aromatic N) is 1. The van der Waals surface area contributed by atoms with Crippen molar-refractivity contribution in [3.8, 4) is 5.75 Å². The Labute approximate surface area is 138 Å². The molecular weight excluding hydrogens is 292 g/mol. The number of amides is 2. The maximum atomic E-state index is 12.3. The molecule has 0 radical (unpaired) electrons. The first kappa shape index (κ1) is 17.3. The third-order valence-corrected chi connectivity index (χ3v) is 4.20. The maximum Gasteiger partial charge on any atom is 0.243 e. The van der Waals surface area contributed by atoms with Crippen molar-refractivity contribution in [2.45, 2.75) is 52.6 Å². The van der Waals surface area contributed by atoms with E-state index in [4.69, 9.17) is 4.74 Å². The third kappa shape index (κ3) is 4.47. The molecule has 1 N–H and O–H groups in total. The molecule has 1 atom stereocenters. The van der Waals surface area contributed by atoms with E-state index >= 15 is 0 Å². The molecule has 23 heavy (non-hydrogen) atoms. The SMILES string of the molecule is CCCOc1ccc(CNC(=O)[C@@H]2CCCN2C(C)=O)c(C)c1. The van der Waals surface area contributed by atoms with Crippen LogP contribution in [0.2, 0.25) is 0 Å². The molecule has 0 spiro atoms. The van der Waals surface area contributed by atoms with Crippen molar-refractivity contribution in [2.24, 2.45) is 0 Å². The molecule has 2 rings (SSSR count). The average molecular weight is 318 g/mol. The summed E-state index contributed by atoms with van der Waals surface area (Å²) in [5.74, 6) is 0.762. The largest absolute Gasteiger partial charge is 0.494 e. The molecule has 0 saturated carbocycles. The van der Waals surface area contributed by atoms with Gasteiger partial charge in [-0.1, -0.05) is 13.0 Å². The van der Waals surface area contributed by atoms with E-state index < -0.39 is 0 Å². The van der Waals surface area contributed by atoms with E-state index in [1.165, 1.54) is 6.92 Å². The number of carbonyl (C=O) groups is 2. The zero-order valence-electron chi connectivity index (χ0n) is 14.2. The van der Waals surface area contributed by atoms with Gasteiger partial charge in [-0.05, 0) is 49.4 Å². The lowest BCUT2D eigenvalue weighted by Crippen LogP contribution is -2.44. The Morgan fingerprint density at radius 3 is 2.83 bits per heavy atom. The summed E-state index contributed by atoms with van der Waals surface area (Å²) in [6.07, 6.45) is 2.61. The van der Waals surface area contributed by atoms with E-state index in [2.05, 4.69) is 12.2 Å². The van der Waals surface area contributed by atoms with Crippen LogP contribution in [0.15, 0.2) is 18.2 Å². The van der Waals surface area contributed by atoms with Crippen molar-refractivity contribution in [1.82, 2.24) is 10.2 Å². The highest BCUT2D eigenvalue weighted by molar-refractivity contribution is 5.87. The van der Waals surface area contributed by atoms with Crippen LogP contribution < -0.4 is 10.1 Å². The van der Waals surface area contributed by atoms with Gasteiger partial charge in [-0.15, -0.1) is 0 Å². The second-order valence-corrected chi connectivity index (χ2v) is 6.02. The Hall–Kier alpha value is -2.04. The molecule has 126 valence electrons. The summed E-state index contributed by atoms with van der Waals surface area (Å²) in [6.45, 7) is 7.46. The highest BCUT2D eigenvalue weighted by atomic mass is 16.5. The number of carbonyl (C=O) groups excluding carboxylic acids is 2. The quantitative estimate of drug-likeness (QED) is 0.876. The van der Waals surface area contributed by atoms with Crippen LogP contribution in [0, 0.1) is 6.92 Å². The Morgan fingerprint density at radius 2 is 2.17 bits per heavy atom. The fraction of sp³-hybridized carbons (Fsp3) is 0.556. The van der Waals surface area contributed by atoms with Crippen molar-refractivity contribution in [3.63, 3.8) is 0 Å². The van der Waals surface area contributed by atoms with Gasteiger partial charge in [0, 0.05) is 20.0 Å². The molecule has 0 aromatic heterocycles. The van der Waals surface area contributed by atoms with Crippen molar-refractivity contribution in [2.75, 3.05) is 13.2 Å². The van der Waals surface area contributed by atoms with Gasteiger partial charge in [0.15, 0.2) is 0 Å². The fourth-order valence-corrected chi connectivity index (χ4v) is 2.89. The molecule has 1 saturated heterocycles. The van der Waals surface area contributed by atoms with Gasteiger partial charge in [-0.25, -0.2) is 0 Å². The zero-order valence-corrected chi connectivity index (χ0v) is 14.2. The number of hydrogen-bond donors (Lipinski definition) is 1. The predicted molar refractivity (Wildman–Crippen MR) is 89.2 cm³/mol. The summed E-state index contributed by atoms with van der Waals surface area (Å²) in [5, 5.41) is 2.96. The Kier molecular flexibility index (Phi) is 6.02. The fourth-order valence-electron chi connectivity index (χ4n) is 2.89. The lowest BCUT2D eigenvalue weighted by atomic mass is 10.1. The first-order chi connectivity index (χ1) is 11.0. The minimum atomic E-state index is -0.319. The van der Waals surface area contributed by atoms with E-state index in [9.17, 15) is 9.59 Å². The summed E-state index contributed by atoms with van der Waals surface area (Å²) in [7, 11) is 0. The summed E-state index contributed by atoms with van der Waals surface area (Å²) >= 11 is 0. The van der Waals surface area contributed by atoms with Crippen LogP contribution >= 0.6 is 0 Å². The standard InChI is InChI=1S/C18H26N2O3/c1-4-10-23-16-8-7-15(13(2)11-16)12-19-18(22)17-6-5-9-20(17)14(3)21/h7-8,11,17H,4-6,9-10,12H2,1-3H3,(H,19,22)/t17-/m0/s1. The monoisotopic (exact) mass is 318 g/mol. The molecule has 0 bridgehead atoms. The average Bonchev–Trinajstić information content (AvgIpc) is 3.01. The van der Waals surface area contributed by atoms with Crippen molar-refractivity contribution in [1.29, 1.82) is 0 Å². The molecule has 2 amide bonds. The normalized spacial score (nSPS) is 17.2. The molecule has 1 aliphatic heterocycles. The van der Waals surface area contributed by atoms with Gasteiger partial charge >= 0.3 is 0 Å². The third-order valence-electron chi connectivity index (χ3n) is 4.20. The molecule has 0 unspecified atom stereocenters. The van der Waals surface area contributed by atoms with Crippen LogP contribution in [0.1, 0.15) is 44.2 Å². The first-order valence-corrected chi connectivity index (χ1v) is 8.30. The molecule has 1 aromatic rings. The van der Waals surface area contributed by atoms with Gasteiger partial charge in [0.2, 0.25) is 11.8 Å². The van der Waals surface area contributed by atoms with Crippen LogP contribution in [-0.4, -0.2) is 35.9 Å². The van der Waals surface area contributed by atoms with Crippen molar-refractivity contribution < 1.29 is 14.3 Å². The molecule has 0 aliphatic carbocycles. The summed E-state index contributed by atoms with van der Waals surface area (Å²) in [5.41, 5.74) is 2.16. The van der Waals surface area contributed by atoms with Crippen LogP contribution in [0.3, 0.4) is 0 Å². The summed E-state index contributed by atoms with van der Waals surface area (Å²) in [4.78, 5) is 25.5. The Bertz CT molecular complexity index is 571. The molecule has 1 fully saturated rings. The lowest BCUT2D eigenvalue weighted by Gasteiger charge is -2.22. The minimum absolute atomic E-state index is 0.0312. The minimum Gasteiger partial charge on any atom is -0.494 e. The number of aryl methyl sites for hydroxylation is 1. The highest BCUT2D eigenvalue weighted by Gasteiger charge is 2.32. The van der Waals surface area contributed by atoms with Gasteiger partial charge in [0.25, 0.3) is 0 Å². The Morgan fingerprint density at radius 1 is 1.39 bits per heavy atom. The van der Waals surface area contributed by atoms with E-state index in [0.29, 0.717) is 19.7 Å². The number of likely N-dealkylation sites (tertiary alicyclic amines) is 1. The number of hydrogen-bond acceptors (Lipinski definition) is 3. The molecule has 1 aromatic carbocycles.